The van der Waals surface area contributed by atoms with Crippen LogP contribution in [0.1, 0.15) is 23.7 Å². The Bertz CT molecular complexity index is 470. The average Bonchev–Trinajstić information content (AvgIpc) is 2.39. The lowest BCUT2D eigenvalue weighted by atomic mass is 10.2. The Balaban J connectivity index is 0.000000494. The Kier molecular flexibility index (Phi) is 8.09. The summed E-state index contributed by atoms with van der Waals surface area (Å²) in [6, 6.07) is 6.72. The molecule has 1 rings (SSSR count). The molecule has 18 heavy (non-hydrogen) atoms. The topological polar surface area (TPSA) is 103 Å². The Morgan fingerprint density at radius 1 is 1.44 bits per heavy atom. The van der Waals surface area contributed by atoms with Gasteiger partial charge in [0.1, 0.15) is 0 Å². The lowest BCUT2D eigenvalue weighted by Crippen LogP contribution is -1.91. The summed E-state index contributed by atoms with van der Waals surface area (Å²) in [6.45, 7) is 1.60. The number of rotatable bonds is 3. The minimum Gasteiger partial charge on any atom is -0.481 e. The molecule has 0 aliphatic heterocycles. The third kappa shape index (κ3) is 5.93. The number of carboxylic acids is 1. The van der Waals surface area contributed by atoms with E-state index in [4.69, 9.17) is 10.6 Å². The molecule has 0 heterocycles. The molecule has 0 bridgehead atoms. The van der Waals surface area contributed by atoms with E-state index in [1.807, 2.05) is 0 Å². The molecule has 0 aliphatic carbocycles. The standard InChI is InChI=1S/C8H7N3OS.C3H6O2/c1-13-8(12)6-4-2-3-5-7(6)10-11-9;1-2-3(4)5/h2-5H,1H3;2H2,1H3,(H,4,5). The monoisotopic (exact) mass is 267 g/mol. The van der Waals surface area contributed by atoms with Crippen molar-refractivity contribution in [3.8, 4) is 0 Å². The number of carbonyl (C=O) groups excluding carboxylic acids is 1. The molecule has 0 amide bonds. The van der Waals surface area contributed by atoms with Crippen molar-refractivity contribution in [3.05, 3.63) is 40.3 Å². The van der Waals surface area contributed by atoms with Gasteiger partial charge in [-0.25, -0.2) is 0 Å². The molecule has 0 saturated carbocycles. The zero-order valence-electron chi connectivity index (χ0n) is 10.0. The fourth-order valence-electron chi connectivity index (χ4n) is 0.892. The zero-order valence-corrected chi connectivity index (χ0v) is 10.8. The molecule has 0 aliphatic rings. The molecule has 0 radical (unpaired) electrons. The van der Waals surface area contributed by atoms with Crippen LogP contribution in [0.4, 0.5) is 5.69 Å². The van der Waals surface area contributed by atoms with Gasteiger partial charge in [-0.2, -0.15) is 0 Å². The maximum absolute atomic E-state index is 11.3. The fraction of sp³-hybridized carbons (Fsp3) is 0.273. The van der Waals surface area contributed by atoms with Crippen LogP contribution in [0.15, 0.2) is 29.4 Å². The van der Waals surface area contributed by atoms with E-state index in [2.05, 4.69) is 10.0 Å². The van der Waals surface area contributed by atoms with Gasteiger partial charge >= 0.3 is 5.97 Å². The second-order valence-electron chi connectivity index (χ2n) is 2.95. The molecule has 0 spiro atoms. The van der Waals surface area contributed by atoms with Crippen molar-refractivity contribution in [2.75, 3.05) is 6.26 Å². The summed E-state index contributed by atoms with van der Waals surface area (Å²) in [7, 11) is 0. The van der Waals surface area contributed by atoms with Crippen LogP contribution in [0.3, 0.4) is 0 Å². The van der Waals surface area contributed by atoms with E-state index in [0.29, 0.717) is 11.3 Å². The summed E-state index contributed by atoms with van der Waals surface area (Å²) in [5.74, 6) is -0.745. The maximum atomic E-state index is 11.3. The summed E-state index contributed by atoms with van der Waals surface area (Å²) in [5, 5.41) is 11.0. The molecule has 7 heteroatoms. The van der Waals surface area contributed by atoms with Crippen LogP contribution in [0, 0.1) is 0 Å². The fourth-order valence-corrected chi connectivity index (χ4v) is 1.28. The minimum absolute atomic E-state index is 0.0944. The highest BCUT2D eigenvalue weighted by Gasteiger charge is 2.07. The number of carboxylic acid groups (broad SMARTS) is 1. The van der Waals surface area contributed by atoms with Crippen LogP contribution in [-0.2, 0) is 4.79 Å². The average molecular weight is 267 g/mol. The van der Waals surface area contributed by atoms with Gasteiger partial charge in [-0.3, -0.25) is 9.59 Å². The highest BCUT2D eigenvalue weighted by molar-refractivity contribution is 8.13. The van der Waals surface area contributed by atoms with Crippen LogP contribution in [-0.4, -0.2) is 22.4 Å². The SMILES string of the molecule is CCC(=O)O.CSC(=O)c1ccccc1N=[N+]=[N-]. The van der Waals surface area contributed by atoms with Gasteiger partial charge < -0.3 is 5.11 Å². The third-order valence-corrected chi connectivity index (χ3v) is 2.35. The number of hydrogen-bond acceptors (Lipinski definition) is 4. The lowest BCUT2D eigenvalue weighted by Gasteiger charge is -1.99. The minimum atomic E-state index is -0.745. The number of hydrogen-bond donors (Lipinski definition) is 1. The lowest BCUT2D eigenvalue weighted by molar-refractivity contribution is -0.136. The van der Waals surface area contributed by atoms with Gasteiger partial charge in [-0.1, -0.05) is 48.1 Å². The van der Waals surface area contributed by atoms with E-state index in [1.54, 1.807) is 37.4 Å². The number of azide groups is 1. The van der Waals surface area contributed by atoms with Crippen LogP contribution in [0.5, 0.6) is 0 Å². The van der Waals surface area contributed by atoms with E-state index in [1.165, 1.54) is 0 Å². The van der Waals surface area contributed by atoms with Gasteiger partial charge in [-0.15, -0.1) is 0 Å². The molecule has 0 atom stereocenters. The first-order chi connectivity index (χ1) is 8.56. The Morgan fingerprint density at radius 3 is 2.44 bits per heavy atom. The molecule has 1 aromatic carbocycles. The smallest absolute Gasteiger partial charge is 0.303 e. The molecule has 0 aromatic heterocycles. The summed E-state index contributed by atoms with van der Waals surface area (Å²) >= 11 is 1.10. The largest absolute Gasteiger partial charge is 0.481 e. The van der Waals surface area contributed by atoms with Gasteiger partial charge in [0.15, 0.2) is 0 Å². The third-order valence-electron chi connectivity index (χ3n) is 1.76. The van der Waals surface area contributed by atoms with Gasteiger partial charge in [0.2, 0.25) is 5.12 Å². The van der Waals surface area contributed by atoms with Crippen LogP contribution in [0.25, 0.3) is 10.4 Å². The summed E-state index contributed by atoms with van der Waals surface area (Å²) < 4.78 is 0. The normalized spacial score (nSPS) is 8.56. The number of benzene rings is 1. The van der Waals surface area contributed by atoms with Gasteiger partial charge in [0.25, 0.3) is 0 Å². The number of carbonyl (C=O) groups is 2. The van der Waals surface area contributed by atoms with Crippen molar-refractivity contribution >= 4 is 28.5 Å². The van der Waals surface area contributed by atoms with E-state index < -0.39 is 5.97 Å². The van der Waals surface area contributed by atoms with Crippen LogP contribution >= 0.6 is 11.8 Å². The van der Waals surface area contributed by atoms with E-state index >= 15 is 0 Å². The number of aliphatic carboxylic acids is 1. The molecule has 1 aromatic rings. The van der Waals surface area contributed by atoms with Gasteiger partial charge in [0, 0.05) is 22.6 Å². The van der Waals surface area contributed by atoms with Gasteiger partial charge in [0.05, 0.1) is 0 Å². The quantitative estimate of drug-likeness (QED) is 0.513. The second kappa shape index (κ2) is 9.09. The molecule has 0 unspecified atom stereocenters. The van der Waals surface area contributed by atoms with Crippen molar-refractivity contribution < 1.29 is 14.7 Å². The highest BCUT2D eigenvalue weighted by Crippen LogP contribution is 2.22. The second-order valence-corrected chi connectivity index (χ2v) is 3.72. The molecule has 1 N–H and O–H groups in total. The molecular weight excluding hydrogens is 254 g/mol. The van der Waals surface area contributed by atoms with Crippen LogP contribution < -0.4 is 0 Å². The summed E-state index contributed by atoms with van der Waals surface area (Å²) in [4.78, 5) is 23.3. The predicted molar refractivity (Wildman–Crippen MR) is 71.0 cm³/mol. The number of nitrogens with zero attached hydrogens (tertiary/aromatic N) is 3. The van der Waals surface area contributed by atoms with Crippen molar-refractivity contribution in [1.29, 1.82) is 0 Å². The van der Waals surface area contributed by atoms with Gasteiger partial charge in [-0.05, 0) is 11.8 Å². The zero-order chi connectivity index (χ0) is 14.0. The summed E-state index contributed by atoms with van der Waals surface area (Å²) in [5.41, 5.74) is 9.07. The maximum Gasteiger partial charge on any atom is 0.303 e. The molecule has 0 fully saturated rings. The molecule has 96 valence electrons. The van der Waals surface area contributed by atoms with E-state index in [9.17, 15) is 9.59 Å². The van der Waals surface area contributed by atoms with E-state index in [-0.39, 0.29) is 11.5 Å². The Hall–Kier alpha value is -1.98. The van der Waals surface area contributed by atoms with Crippen molar-refractivity contribution in [3.63, 3.8) is 0 Å². The molecule has 0 saturated heterocycles. The molecular formula is C11H13N3O3S. The van der Waals surface area contributed by atoms with Crippen molar-refractivity contribution in [1.82, 2.24) is 0 Å². The highest BCUT2D eigenvalue weighted by atomic mass is 32.2. The van der Waals surface area contributed by atoms with Crippen molar-refractivity contribution in [2.45, 2.75) is 13.3 Å². The first-order valence-corrected chi connectivity index (χ1v) is 6.23. The van der Waals surface area contributed by atoms with Crippen LogP contribution in [0.2, 0.25) is 0 Å². The van der Waals surface area contributed by atoms with E-state index in [0.717, 1.165) is 11.8 Å². The first-order valence-electron chi connectivity index (χ1n) is 5.01. The molecule has 6 nitrogen and oxygen atoms in total. The van der Waals surface area contributed by atoms with Crippen molar-refractivity contribution in [2.24, 2.45) is 5.11 Å². The summed E-state index contributed by atoms with van der Waals surface area (Å²) in [6.07, 6.45) is 1.91. The first kappa shape index (κ1) is 16.0. The Morgan fingerprint density at radius 2 is 2.00 bits per heavy atom. The Labute approximate surface area is 109 Å². The number of thioether (sulfide) groups is 1. The predicted octanol–water partition coefficient (Wildman–Crippen LogP) is 3.61.